The van der Waals surface area contributed by atoms with Gasteiger partial charge in [0, 0.05) is 25.0 Å². The van der Waals surface area contributed by atoms with Crippen LogP contribution in [0.3, 0.4) is 0 Å². The van der Waals surface area contributed by atoms with Gasteiger partial charge in [0.1, 0.15) is 0 Å². The second-order valence-electron chi connectivity index (χ2n) is 3.77. The third-order valence-corrected chi connectivity index (χ3v) is 2.43. The molecule has 0 saturated heterocycles. The first-order valence-electron chi connectivity index (χ1n) is 5.58. The van der Waals surface area contributed by atoms with E-state index in [1.807, 2.05) is 12.1 Å². The molecule has 0 spiro atoms. The monoisotopic (exact) mass is 243 g/mol. The lowest BCUT2D eigenvalue weighted by Crippen LogP contribution is -2.13. The van der Waals surface area contributed by atoms with Crippen molar-refractivity contribution < 1.29 is 9.90 Å². The molecule has 2 rings (SSSR count). The molecule has 18 heavy (non-hydrogen) atoms. The second kappa shape index (κ2) is 5.77. The summed E-state index contributed by atoms with van der Waals surface area (Å²) in [5, 5.41) is 12.0. The second-order valence-corrected chi connectivity index (χ2v) is 3.77. The van der Waals surface area contributed by atoms with E-state index in [-0.39, 0.29) is 17.5 Å². The summed E-state index contributed by atoms with van der Waals surface area (Å²) in [6, 6.07) is 6.81. The van der Waals surface area contributed by atoms with Crippen LogP contribution in [0.1, 0.15) is 12.0 Å². The van der Waals surface area contributed by atoms with Crippen LogP contribution in [0, 0.1) is 0 Å². The van der Waals surface area contributed by atoms with Crippen LogP contribution in [0.5, 0.6) is 5.75 Å². The molecule has 0 aliphatic carbocycles. The van der Waals surface area contributed by atoms with Gasteiger partial charge in [-0.05, 0) is 36.2 Å². The summed E-state index contributed by atoms with van der Waals surface area (Å²) < 4.78 is 0. The van der Waals surface area contributed by atoms with Gasteiger partial charge in [0.05, 0.1) is 0 Å². The lowest BCUT2D eigenvalue weighted by Gasteiger charge is -2.05. The molecule has 0 radical (unpaired) electrons. The van der Waals surface area contributed by atoms with Gasteiger partial charge in [-0.25, -0.2) is 4.98 Å². The maximum absolute atomic E-state index is 11.7. The fourth-order valence-corrected chi connectivity index (χ4v) is 1.50. The minimum Gasteiger partial charge on any atom is -0.504 e. The molecule has 1 amide bonds. The molecule has 2 heterocycles. The van der Waals surface area contributed by atoms with E-state index >= 15 is 0 Å². The maximum atomic E-state index is 11.7. The average molecular weight is 243 g/mol. The van der Waals surface area contributed by atoms with Gasteiger partial charge in [-0.1, -0.05) is 0 Å². The van der Waals surface area contributed by atoms with Gasteiger partial charge in [-0.2, -0.15) is 0 Å². The van der Waals surface area contributed by atoms with Crippen molar-refractivity contribution in [2.24, 2.45) is 0 Å². The van der Waals surface area contributed by atoms with E-state index in [1.165, 1.54) is 12.3 Å². The SMILES string of the molecule is O=C(CCc1ccncc1)Nc1ncccc1O. The van der Waals surface area contributed by atoms with Gasteiger partial charge in [-0.15, -0.1) is 0 Å². The maximum Gasteiger partial charge on any atom is 0.225 e. The Hall–Kier alpha value is -2.43. The molecule has 5 heteroatoms. The molecule has 0 unspecified atom stereocenters. The van der Waals surface area contributed by atoms with Crippen molar-refractivity contribution in [3.8, 4) is 5.75 Å². The lowest BCUT2D eigenvalue weighted by atomic mass is 10.1. The Labute approximate surface area is 105 Å². The Bertz CT molecular complexity index is 529. The van der Waals surface area contributed by atoms with Crippen molar-refractivity contribution in [1.82, 2.24) is 9.97 Å². The minimum atomic E-state index is -0.180. The number of rotatable bonds is 4. The molecular weight excluding hydrogens is 230 g/mol. The van der Waals surface area contributed by atoms with Crippen LogP contribution in [0.4, 0.5) is 5.82 Å². The number of anilines is 1. The Morgan fingerprint density at radius 2 is 2.00 bits per heavy atom. The number of aryl methyl sites for hydroxylation is 1. The summed E-state index contributed by atoms with van der Waals surface area (Å²) in [5.41, 5.74) is 1.05. The predicted octanol–water partition coefficient (Wildman–Crippen LogP) is 1.75. The number of hydrogen-bond donors (Lipinski definition) is 2. The van der Waals surface area contributed by atoms with E-state index in [9.17, 15) is 9.90 Å². The third kappa shape index (κ3) is 3.28. The van der Waals surface area contributed by atoms with Crippen molar-refractivity contribution in [1.29, 1.82) is 0 Å². The first-order valence-corrected chi connectivity index (χ1v) is 5.58. The number of nitrogens with zero attached hydrogens (tertiary/aromatic N) is 2. The van der Waals surface area contributed by atoms with Crippen molar-refractivity contribution in [3.05, 3.63) is 48.4 Å². The summed E-state index contributed by atoms with van der Waals surface area (Å²) >= 11 is 0. The fraction of sp³-hybridized carbons (Fsp3) is 0.154. The van der Waals surface area contributed by atoms with Gasteiger partial charge < -0.3 is 10.4 Å². The topological polar surface area (TPSA) is 75.1 Å². The molecule has 0 aliphatic rings. The Morgan fingerprint density at radius 3 is 2.72 bits per heavy atom. The minimum absolute atomic E-state index is 0.0326. The van der Waals surface area contributed by atoms with Crippen molar-refractivity contribution in [2.45, 2.75) is 12.8 Å². The van der Waals surface area contributed by atoms with Crippen LogP contribution in [-0.4, -0.2) is 21.0 Å². The van der Waals surface area contributed by atoms with Crippen molar-refractivity contribution in [2.75, 3.05) is 5.32 Å². The van der Waals surface area contributed by atoms with E-state index in [2.05, 4.69) is 15.3 Å². The summed E-state index contributed by atoms with van der Waals surface area (Å²) in [6.07, 6.45) is 5.86. The molecule has 2 aromatic heterocycles. The summed E-state index contributed by atoms with van der Waals surface area (Å²) in [7, 11) is 0. The number of hydrogen-bond acceptors (Lipinski definition) is 4. The number of pyridine rings is 2. The first-order chi connectivity index (χ1) is 8.75. The normalized spacial score (nSPS) is 10.0. The zero-order valence-electron chi connectivity index (χ0n) is 9.71. The molecule has 0 aliphatic heterocycles. The summed E-state index contributed by atoms with van der Waals surface area (Å²) in [5.74, 6) is -0.0206. The van der Waals surface area contributed by atoms with Gasteiger partial charge in [0.15, 0.2) is 11.6 Å². The van der Waals surface area contributed by atoms with Gasteiger partial charge in [-0.3, -0.25) is 9.78 Å². The van der Waals surface area contributed by atoms with Crippen LogP contribution in [0.15, 0.2) is 42.9 Å². The molecule has 2 N–H and O–H groups in total. The Kier molecular flexibility index (Phi) is 3.86. The highest BCUT2D eigenvalue weighted by Crippen LogP contribution is 2.18. The van der Waals surface area contributed by atoms with Crippen LogP contribution < -0.4 is 5.32 Å². The summed E-state index contributed by atoms with van der Waals surface area (Å²) in [4.78, 5) is 19.4. The average Bonchev–Trinajstić information content (AvgIpc) is 2.40. The first kappa shape index (κ1) is 12.0. The molecule has 2 aromatic rings. The van der Waals surface area contributed by atoms with Gasteiger partial charge >= 0.3 is 0 Å². The number of aromatic hydroxyl groups is 1. The van der Waals surface area contributed by atoms with Crippen LogP contribution in [0.25, 0.3) is 0 Å². The highest BCUT2D eigenvalue weighted by Gasteiger charge is 2.06. The standard InChI is InChI=1S/C13H13N3O2/c17-11-2-1-7-15-13(11)16-12(18)4-3-10-5-8-14-9-6-10/h1-2,5-9,17H,3-4H2,(H,15,16,18). The van der Waals surface area contributed by atoms with E-state index in [1.54, 1.807) is 18.5 Å². The number of carbonyl (C=O) groups is 1. The highest BCUT2D eigenvalue weighted by atomic mass is 16.3. The molecule has 0 aromatic carbocycles. The largest absolute Gasteiger partial charge is 0.504 e. The van der Waals surface area contributed by atoms with Crippen molar-refractivity contribution >= 4 is 11.7 Å². The lowest BCUT2D eigenvalue weighted by molar-refractivity contribution is -0.116. The molecule has 0 bridgehead atoms. The molecule has 5 nitrogen and oxygen atoms in total. The highest BCUT2D eigenvalue weighted by molar-refractivity contribution is 5.91. The Morgan fingerprint density at radius 1 is 1.22 bits per heavy atom. The molecule has 92 valence electrons. The third-order valence-electron chi connectivity index (χ3n) is 2.43. The summed E-state index contributed by atoms with van der Waals surface area (Å²) in [6.45, 7) is 0. The molecule has 0 atom stereocenters. The quantitative estimate of drug-likeness (QED) is 0.857. The van der Waals surface area contributed by atoms with E-state index in [0.717, 1.165) is 5.56 Å². The van der Waals surface area contributed by atoms with Crippen LogP contribution in [0.2, 0.25) is 0 Å². The van der Waals surface area contributed by atoms with E-state index in [4.69, 9.17) is 0 Å². The van der Waals surface area contributed by atoms with Crippen molar-refractivity contribution in [3.63, 3.8) is 0 Å². The van der Waals surface area contributed by atoms with Crippen LogP contribution >= 0.6 is 0 Å². The van der Waals surface area contributed by atoms with Gasteiger partial charge in [0.2, 0.25) is 5.91 Å². The number of nitrogens with one attached hydrogen (secondary N) is 1. The zero-order valence-corrected chi connectivity index (χ0v) is 9.71. The van der Waals surface area contributed by atoms with Crippen LogP contribution in [-0.2, 0) is 11.2 Å². The van der Waals surface area contributed by atoms with E-state index in [0.29, 0.717) is 12.8 Å². The molecule has 0 fully saturated rings. The number of amides is 1. The zero-order chi connectivity index (χ0) is 12.8. The smallest absolute Gasteiger partial charge is 0.225 e. The predicted molar refractivity (Wildman–Crippen MR) is 67.1 cm³/mol. The number of aromatic nitrogens is 2. The number of carbonyl (C=O) groups excluding carboxylic acids is 1. The Balaban J connectivity index is 1.88. The molecular formula is C13H13N3O2. The molecule has 0 saturated carbocycles. The van der Waals surface area contributed by atoms with E-state index < -0.39 is 0 Å². The van der Waals surface area contributed by atoms with Gasteiger partial charge in [0.25, 0.3) is 0 Å². The fourth-order valence-electron chi connectivity index (χ4n) is 1.50.